The van der Waals surface area contributed by atoms with Crippen LogP contribution in [0, 0.1) is 0 Å². The fourth-order valence-electron chi connectivity index (χ4n) is 1.15. The summed E-state index contributed by atoms with van der Waals surface area (Å²) in [5.74, 6) is 0. The Morgan fingerprint density at radius 3 is 2.91 bits per heavy atom. The molecule has 0 amide bonds. The topological polar surface area (TPSA) is 30.8 Å². The first-order valence-electron chi connectivity index (χ1n) is 4.24. The number of nitrogens with zero attached hydrogens (tertiary/aromatic N) is 1. The molecule has 0 aromatic heterocycles. The van der Waals surface area contributed by atoms with Gasteiger partial charge in [-0.15, -0.1) is 0 Å². The Bertz CT molecular complexity index is 155. The lowest BCUT2D eigenvalue weighted by molar-refractivity contribution is 0.00541. The molecule has 1 heterocycles. The van der Waals surface area contributed by atoms with E-state index < -0.39 is 0 Å². The molecule has 1 aliphatic carbocycles. The maximum absolute atomic E-state index is 5.27. The average Bonchev–Trinajstić information content (AvgIpc) is 2.36. The van der Waals surface area contributed by atoms with Crippen LogP contribution < -0.4 is 0 Å². The Kier molecular flexibility index (Phi) is 2.08. The van der Waals surface area contributed by atoms with Crippen molar-refractivity contribution in [3.8, 4) is 0 Å². The lowest BCUT2D eigenvalue weighted by atomic mass is 9.97. The summed E-state index contributed by atoms with van der Waals surface area (Å²) in [6.07, 6.45) is 5.01. The summed E-state index contributed by atoms with van der Waals surface area (Å²) in [4.78, 5) is 5.27. The van der Waals surface area contributed by atoms with Crippen LogP contribution in [-0.2, 0) is 9.57 Å². The zero-order valence-electron chi connectivity index (χ0n) is 6.58. The van der Waals surface area contributed by atoms with Gasteiger partial charge in [-0.2, -0.15) is 0 Å². The highest BCUT2D eigenvalue weighted by molar-refractivity contribution is 5.86. The molecule has 3 nitrogen and oxygen atoms in total. The minimum absolute atomic E-state index is 0.406. The van der Waals surface area contributed by atoms with E-state index >= 15 is 0 Å². The molecule has 0 bridgehead atoms. The second-order valence-corrected chi connectivity index (χ2v) is 3.12. The van der Waals surface area contributed by atoms with Gasteiger partial charge >= 0.3 is 0 Å². The maximum atomic E-state index is 5.27. The van der Waals surface area contributed by atoms with Gasteiger partial charge in [-0.25, -0.2) is 0 Å². The fraction of sp³-hybridized carbons (Fsp3) is 0.875. The standard InChI is InChI=1S/C8H13NO2/c1-2-8(3-1)11-9-7-4-5-10-6-7/h8H,1-6H2/b9-7+. The molecule has 0 aromatic carbocycles. The van der Waals surface area contributed by atoms with Crippen molar-refractivity contribution in [1.29, 1.82) is 0 Å². The van der Waals surface area contributed by atoms with Crippen LogP contribution in [0.25, 0.3) is 0 Å². The van der Waals surface area contributed by atoms with E-state index in [-0.39, 0.29) is 0 Å². The molecule has 1 saturated heterocycles. The lowest BCUT2D eigenvalue weighted by Crippen LogP contribution is -2.19. The third-order valence-corrected chi connectivity index (χ3v) is 2.19. The van der Waals surface area contributed by atoms with Gasteiger partial charge in [-0.05, 0) is 19.3 Å². The molecule has 0 unspecified atom stereocenters. The van der Waals surface area contributed by atoms with Crippen LogP contribution in [0.15, 0.2) is 5.16 Å². The molecular formula is C8H13NO2. The number of hydrogen-bond acceptors (Lipinski definition) is 3. The Morgan fingerprint density at radius 1 is 1.45 bits per heavy atom. The van der Waals surface area contributed by atoms with Crippen LogP contribution in [0.2, 0.25) is 0 Å². The van der Waals surface area contributed by atoms with Crippen LogP contribution >= 0.6 is 0 Å². The summed E-state index contributed by atoms with van der Waals surface area (Å²) in [6.45, 7) is 1.49. The van der Waals surface area contributed by atoms with Gasteiger partial charge in [0.2, 0.25) is 0 Å². The number of oxime groups is 1. The Balaban J connectivity index is 1.73. The van der Waals surface area contributed by atoms with E-state index in [1.165, 1.54) is 19.3 Å². The minimum Gasteiger partial charge on any atom is -0.392 e. The third-order valence-electron chi connectivity index (χ3n) is 2.19. The van der Waals surface area contributed by atoms with Crippen molar-refractivity contribution in [2.75, 3.05) is 13.2 Å². The predicted molar refractivity (Wildman–Crippen MR) is 41.6 cm³/mol. The molecule has 1 saturated carbocycles. The molecule has 3 heteroatoms. The highest BCUT2D eigenvalue weighted by Crippen LogP contribution is 2.22. The quantitative estimate of drug-likeness (QED) is 0.563. The van der Waals surface area contributed by atoms with Gasteiger partial charge in [-0.1, -0.05) is 5.16 Å². The monoisotopic (exact) mass is 155 g/mol. The van der Waals surface area contributed by atoms with Crippen molar-refractivity contribution in [2.24, 2.45) is 5.16 Å². The largest absolute Gasteiger partial charge is 0.392 e. The molecule has 62 valence electrons. The second-order valence-electron chi connectivity index (χ2n) is 3.12. The fourth-order valence-corrected chi connectivity index (χ4v) is 1.15. The smallest absolute Gasteiger partial charge is 0.127 e. The summed E-state index contributed by atoms with van der Waals surface area (Å²) < 4.78 is 5.13. The van der Waals surface area contributed by atoms with E-state index in [1.54, 1.807) is 0 Å². The first-order chi connectivity index (χ1) is 5.45. The molecule has 11 heavy (non-hydrogen) atoms. The van der Waals surface area contributed by atoms with Crippen LogP contribution in [0.3, 0.4) is 0 Å². The molecule has 0 aromatic rings. The highest BCUT2D eigenvalue weighted by atomic mass is 16.6. The molecule has 0 atom stereocenters. The van der Waals surface area contributed by atoms with Gasteiger partial charge in [0.1, 0.15) is 6.10 Å². The van der Waals surface area contributed by atoms with Crippen LogP contribution in [0.1, 0.15) is 25.7 Å². The van der Waals surface area contributed by atoms with Gasteiger partial charge in [0.15, 0.2) is 0 Å². The van der Waals surface area contributed by atoms with E-state index in [1.807, 2.05) is 0 Å². The van der Waals surface area contributed by atoms with E-state index in [9.17, 15) is 0 Å². The molecule has 0 N–H and O–H groups in total. The number of hydrogen-bond donors (Lipinski definition) is 0. The van der Waals surface area contributed by atoms with Gasteiger partial charge in [0, 0.05) is 6.42 Å². The molecule has 2 aliphatic rings. The summed E-state index contributed by atoms with van der Waals surface area (Å²) in [5.41, 5.74) is 1.07. The molecule has 2 rings (SSSR count). The molecular weight excluding hydrogens is 142 g/mol. The van der Waals surface area contributed by atoms with Crippen molar-refractivity contribution in [3.05, 3.63) is 0 Å². The predicted octanol–water partition coefficient (Wildman–Crippen LogP) is 1.33. The van der Waals surface area contributed by atoms with Gasteiger partial charge in [0.25, 0.3) is 0 Å². The van der Waals surface area contributed by atoms with Crippen LogP contribution in [0.5, 0.6) is 0 Å². The summed E-state index contributed by atoms with van der Waals surface area (Å²) in [6, 6.07) is 0. The molecule has 0 spiro atoms. The van der Waals surface area contributed by atoms with Crippen LogP contribution in [-0.4, -0.2) is 25.0 Å². The summed E-state index contributed by atoms with van der Waals surface area (Å²) in [5, 5.41) is 4.04. The van der Waals surface area contributed by atoms with E-state index in [2.05, 4.69) is 5.16 Å². The SMILES string of the molecule is C1CC(O/N=C2\CCOC2)C1. The van der Waals surface area contributed by atoms with Crippen LogP contribution in [0.4, 0.5) is 0 Å². The summed E-state index contributed by atoms with van der Waals surface area (Å²) in [7, 11) is 0. The normalized spacial score (nSPS) is 28.9. The zero-order chi connectivity index (χ0) is 7.52. The van der Waals surface area contributed by atoms with Gasteiger partial charge in [-0.3, -0.25) is 0 Å². The Morgan fingerprint density at radius 2 is 2.36 bits per heavy atom. The van der Waals surface area contributed by atoms with Crippen molar-refractivity contribution in [3.63, 3.8) is 0 Å². The van der Waals surface area contributed by atoms with E-state index in [4.69, 9.17) is 9.57 Å². The highest BCUT2D eigenvalue weighted by Gasteiger charge is 2.19. The second kappa shape index (κ2) is 3.22. The van der Waals surface area contributed by atoms with Crippen molar-refractivity contribution in [1.82, 2.24) is 0 Å². The lowest BCUT2D eigenvalue weighted by Gasteiger charge is -2.22. The molecule has 0 radical (unpaired) electrons. The zero-order valence-corrected chi connectivity index (χ0v) is 6.58. The van der Waals surface area contributed by atoms with Crippen molar-refractivity contribution in [2.45, 2.75) is 31.8 Å². The van der Waals surface area contributed by atoms with E-state index in [0.717, 1.165) is 18.7 Å². The molecule has 1 aliphatic heterocycles. The third kappa shape index (κ3) is 1.71. The Hall–Kier alpha value is -0.570. The molecule has 2 fully saturated rings. The summed E-state index contributed by atoms with van der Waals surface area (Å²) >= 11 is 0. The maximum Gasteiger partial charge on any atom is 0.127 e. The van der Waals surface area contributed by atoms with Gasteiger partial charge < -0.3 is 9.57 Å². The Labute approximate surface area is 66.4 Å². The first kappa shape index (κ1) is 7.10. The minimum atomic E-state index is 0.406. The van der Waals surface area contributed by atoms with Crippen molar-refractivity contribution < 1.29 is 9.57 Å². The van der Waals surface area contributed by atoms with Gasteiger partial charge in [0.05, 0.1) is 18.9 Å². The van der Waals surface area contributed by atoms with E-state index in [0.29, 0.717) is 12.7 Å². The number of rotatable bonds is 2. The van der Waals surface area contributed by atoms with Crippen molar-refractivity contribution >= 4 is 5.71 Å². The average molecular weight is 155 g/mol. The first-order valence-corrected chi connectivity index (χ1v) is 4.24. The number of ether oxygens (including phenoxy) is 1.